The third kappa shape index (κ3) is 4.31. The Bertz CT molecular complexity index is 838. The van der Waals surface area contributed by atoms with Gasteiger partial charge in [-0.1, -0.05) is 12.1 Å². The van der Waals surface area contributed by atoms with Crippen LogP contribution in [0.3, 0.4) is 0 Å². The second-order valence-corrected chi connectivity index (χ2v) is 6.22. The van der Waals surface area contributed by atoms with Crippen molar-refractivity contribution in [1.82, 2.24) is 10.3 Å². The molecule has 2 aromatic rings. The molecular formula is C20H21N3O4. The van der Waals surface area contributed by atoms with Crippen molar-refractivity contribution in [1.29, 1.82) is 0 Å². The lowest BCUT2D eigenvalue weighted by Gasteiger charge is -2.19. The first-order chi connectivity index (χ1) is 13.1. The first-order valence-corrected chi connectivity index (χ1v) is 8.83. The lowest BCUT2D eigenvalue weighted by atomic mass is 10.1. The summed E-state index contributed by atoms with van der Waals surface area (Å²) in [4.78, 5) is 42.5. The number of anilines is 1. The number of amides is 2. The van der Waals surface area contributed by atoms with Crippen molar-refractivity contribution in [2.75, 3.05) is 18.1 Å². The predicted molar refractivity (Wildman–Crippen MR) is 98.9 cm³/mol. The number of rotatable bonds is 6. The van der Waals surface area contributed by atoms with Crippen molar-refractivity contribution in [2.45, 2.75) is 19.9 Å². The van der Waals surface area contributed by atoms with Crippen LogP contribution in [-0.2, 0) is 20.9 Å². The van der Waals surface area contributed by atoms with Gasteiger partial charge in [0.05, 0.1) is 23.8 Å². The molecule has 140 valence electrons. The Morgan fingerprint density at radius 3 is 2.70 bits per heavy atom. The van der Waals surface area contributed by atoms with Gasteiger partial charge in [-0.25, -0.2) is 4.79 Å². The summed E-state index contributed by atoms with van der Waals surface area (Å²) in [7, 11) is 0. The molecule has 1 saturated heterocycles. The van der Waals surface area contributed by atoms with E-state index in [-0.39, 0.29) is 31.4 Å². The Hall–Kier alpha value is -3.22. The van der Waals surface area contributed by atoms with Crippen LogP contribution in [0.25, 0.3) is 0 Å². The standard InChI is InChI=1S/C20H21N3O4/c1-2-27-20(26)16-5-3-4-6-17(16)23-13-15(11-18(23)24)19(25)22-12-14-7-9-21-10-8-14/h3-10,15H,2,11-13H2,1H3,(H,22,25). The van der Waals surface area contributed by atoms with E-state index in [0.29, 0.717) is 17.8 Å². The third-order valence-corrected chi connectivity index (χ3v) is 4.40. The van der Waals surface area contributed by atoms with E-state index >= 15 is 0 Å². The number of carbonyl (C=O) groups is 3. The molecule has 2 heterocycles. The molecule has 0 bridgehead atoms. The Morgan fingerprint density at radius 1 is 1.22 bits per heavy atom. The molecule has 7 heteroatoms. The maximum atomic E-state index is 12.5. The van der Waals surface area contributed by atoms with Crippen molar-refractivity contribution < 1.29 is 19.1 Å². The second-order valence-electron chi connectivity index (χ2n) is 6.22. The Labute approximate surface area is 157 Å². The molecule has 1 aliphatic heterocycles. The highest BCUT2D eigenvalue weighted by atomic mass is 16.5. The summed E-state index contributed by atoms with van der Waals surface area (Å²) in [5.74, 6) is -1.31. The zero-order valence-electron chi connectivity index (χ0n) is 15.1. The van der Waals surface area contributed by atoms with Crippen LogP contribution in [0.4, 0.5) is 5.69 Å². The molecule has 1 aromatic carbocycles. The minimum atomic E-state index is -0.480. The lowest BCUT2D eigenvalue weighted by molar-refractivity contribution is -0.126. The number of pyridine rings is 1. The number of nitrogens with zero attached hydrogens (tertiary/aromatic N) is 2. The summed E-state index contributed by atoms with van der Waals surface area (Å²) in [6, 6.07) is 10.4. The summed E-state index contributed by atoms with van der Waals surface area (Å²) in [6.45, 7) is 2.59. The SMILES string of the molecule is CCOC(=O)c1ccccc1N1CC(C(=O)NCc2ccncc2)CC1=O. The molecular weight excluding hydrogens is 346 g/mol. The van der Waals surface area contributed by atoms with E-state index in [1.165, 1.54) is 4.90 Å². The molecule has 1 unspecified atom stereocenters. The molecule has 0 spiro atoms. The number of ether oxygens (including phenoxy) is 1. The fourth-order valence-corrected chi connectivity index (χ4v) is 3.04. The number of para-hydroxylation sites is 1. The van der Waals surface area contributed by atoms with Crippen LogP contribution in [0.1, 0.15) is 29.3 Å². The van der Waals surface area contributed by atoms with Gasteiger partial charge < -0.3 is 15.0 Å². The Balaban J connectivity index is 1.69. The molecule has 1 atom stereocenters. The smallest absolute Gasteiger partial charge is 0.340 e. The Morgan fingerprint density at radius 2 is 1.96 bits per heavy atom. The molecule has 0 saturated carbocycles. The summed E-state index contributed by atoms with van der Waals surface area (Å²) in [6.07, 6.45) is 3.43. The van der Waals surface area contributed by atoms with Crippen LogP contribution < -0.4 is 10.2 Å². The summed E-state index contributed by atoms with van der Waals surface area (Å²) < 4.78 is 5.06. The van der Waals surface area contributed by atoms with Gasteiger partial charge in [-0.3, -0.25) is 14.6 Å². The highest BCUT2D eigenvalue weighted by Gasteiger charge is 2.36. The van der Waals surface area contributed by atoms with Gasteiger partial charge in [0.25, 0.3) is 0 Å². The number of hydrogen-bond acceptors (Lipinski definition) is 5. The predicted octanol–water partition coefficient (Wildman–Crippen LogP) is 1.93. The van der Waals surface area contributed by atoms with E-state index in [2.05, 4.69) is 10.3 Å². The van der Waals surface area contributed by atoms with Gasteiger partial charge in [0.15, 0.2) is 0 Å². The van der Waals surface area contributed by atoms with Crippen LogP contribution >= 0.6 is 0 Å². The molecule has 27 heavy (non-hydrogen) atoms. The zero-order valence-corrected chi connectivity index (χ0v) is 15.1. The number of nitrogens with one attached hydrogen (secondary N) is 1. The highest BCUT2D eigenvalue weighted by Crippen LogP contribution is 2.28. The highest BCUT2D eigenvalue weighted by molar-refractivity contribution is 6.05. The minimum Gasteiger partial charge on any atom is -0.462 e. The quantitative estimate of drug-likeness (QED) is 0.788. The van der Waals surface area contributed by atoms with Gasteiger partial charge >= 0.3 is 5.97 Å². The number of carbonyl (C=O) groups excluding carboxylic acids is 3. The van der Waals surface area contributed by atoms with Crippen LogP contribution in [0.2, 0.25) is 0 Å². The van der Waals surface area contributed by atoms with Gasteiger partial charge in [-0.15, -0.1) is 0 Å². The van der Waals surface area contributed by atoms with Crippen LogP contribution in [-0.4, -0.2) is 35.9 Å². The van der Waals surface area contributed by atoms with Crippen molar-refractivity contribution >= 4 is 23.5 Å². The van der Waals surface area contributed by atoms with Gasteiger partial charge in [-0.05, 0) is 36.8 Å². The normalized spacial score (nSPS) is 16.3. The molecule has 1 fully saturated rings. The van der Waals surface area contributed by atoms with E-state index in [1.54, 1.807) is 43.6 Å². The molecule has 1 aromatic heterocycles. The maximum absolute atomic E-state index is 12.5. The number of benzene rings is 1. The topological polar surface area (TPSA) is 88.6 Å². The van der Waals surface area contributed by atoms with Crippen molar-refractivity contribution in [2.24, 2.45) is 5.92 Å². The van der Waals surface area contributed by atoms with Gasteiger partial charge in [-0.2, -0.15) is 0 Å². The molecule has 3 rings (SSSR count). The van der Waals surface area contributed by atoms with E-state index < -0.39 is 11.9 Å². The van der Waals surface area contributed by atoms with E-state index in [1.807, 2.05) is 12.1 Å². The van der Waals surface area contributed by atoms with Crippen molar-refractivity contribution in [3.05, 3.63) is 59.9 Å². The van der Waals surface area contributed by atoms with Gasteiger partial charge in [0, 0.05) is 31.9 Å². The molecule has 7 nitrogen and oxygen atoms in total. The average molecular weight is 367 g/mol. The summed E-state index contributed by atoms with van der Waals surface area (Å²) in [5, 5.41) is 2.85. The van der Waals surface area contributed by atoms with Crippen LogP contribution in [0.15, 0.2) is 48.8 Å². The molecule has 1 N–H and O–H groups in total. The van der Waals surface area contributed by atoms with Crippen LogP contribution in [0, 0.1) is 5.92 Å². The fourth-order valence-electron chi connectivity index (χ4n) is 3.04. The molecule has 0 aliphatic carbocycles. The lowest BCUT2D eigenvalue weighted by Crippen LogP contribution is -2.33. The molecule has 1 aliphatic rings. The molecule has 2 amide bonds. The van der Waals surface area contributed by atoms with Crippen molar-refractivity contribution in [3.8, 4) is 0 Å². The number of hydrogen-bond donors (Lipinski definition) is 1. The van der Waals surface area contributed by atoms with Gasteiger partial charge in [0.1, 0.15) is 0 Å². The average Bonchev–Trinajstić information content (AvgIpc) is 3.09. The van der Waals surface area contributed by atoms with E-state index in [9.17, 15) is 14.4 Å². The van der Waals surface area contributed by atoms with E-state index in [0.717, 1.165) is 5.56 Å². The summed E-state index contributed by atoms with van der Waals surface area (Å²) in [5.41, 5.74) is 1.74. The monoisotopic (exact) mass is 367 g/mol. The first-order valence-electron chi connectivity index (χ1n) is 8.83. The maximum Gasteiger partial charge on any atom is 0.340 e. The number of esters is 1. The fraction of sp³-hybridized carbons (Fsp3) is 0.300. The molecule has 0 radical (unpaired) electrons. The van der Waals surface area contributed by atoms with Crippen molar-refractivity contribution in [3.63, 3.8) is 0 Å². The first kappa shape index (κ1) is 18.6. The summed E-state index contributed by atoms with van der Waals surface area (Å²) >= 11 is 0. The Kier molecular flexibility index (Phi) is 5.80. The van der Waals surface area contributed by atoms with Gasteiger partial charge in [0.2, 0.25) is 11.8 Å². The second kappa shape index (κ2) is 8.44. The minimum absolute atomic E-state index is 0.110. The number of aromatic nitrogens is 1. The third-order valence-electron chi connectivity index (χ3n) is 4.40. The van der Waals surface area contributed by atoms with E-state index in [4.69, 9.17) is 4.74 Å². The van der Waals surface area contributed by atoms with Crippen LogP contribution in [0.5, 0.6) is 0 Å². The largest absolute Gasteiger partial charge is 0.462 e. The zero-order chi connectivity index (χ0) is 19.2.